The first kappa shape index (κ1) is 35.1. The largest absolute Gasteiger partial charge is 0.404 e. The molecule has 10 heteroatoms. The lowest BCUT2D eigenvalue weighted by Gasteiger charge is -2.45. The maximum absolute atomic E-state index is 13.5. The lowest BCUT2D eigenvalue weighted by atomic mass is 9.97. The van der Waals surface area contributed by atoms with Crippen LogP contribution in [-0.2, 0) is 39.5 Å². The molecule has 1 fully saturated rings. The van der Waals surface area contributed by atoms with E-state index in [-0.39, 0.29) is 23.1 Å². The predicted octanol–water partition coefficient (Wildman–Crippen LogP) is 4.96. The van der Waals surface area contributed by atoms with E-state index in [1.165, 1.54) is 19.2 Å². The molecular weight excluding hydrogens is 633 g/mol. The Kier molecular flexibility index (Phi) is 10.8. The summed E-state index contributed by atoms with van der Waals surface area (Å²) < 4.78 is 58.5. The van der Waals surface area contributed by atoms with Crippen molar-refractivity contribution in [2.24, 2.45) is 0 Å². The lowest BCUT2D eigenvalue weighted by molar-refractivity contribution is -0.197. The summed E-state index contributed by atoms with van der Waals surface area (Å²) in [5.41, 5.74) is 0.203. The summed E-state index contributed by atoms with van der Waals surface area (Å²) in [6.07, 6.45) is -3.46. The Bertz CT molecular complexity index is 1640. The van der Waals surface area contributed by atoms with Crippen LogP contribution in [0.1, 0.15) is 31.9 Å². The summed E-state index contributed by atoms with van der Waals surface area (Å²) in [6.45, 7) is 7.81. The molecule has 4 aromatic carbocycles. The molecule has 1 aliphatic rings. The third-order valence-electron chi connectivity index (χ3n) is 8.68. The SMILES string of the molecule is CO[C@@H]1O[C@@](CO[Si](c2ccccc2)(c2ccccc2)C(C)(C)C)(COS(=O)(=O)c2ccc(C)cc2)[C@@H](OCc2ccccc2)[C@H]1O. The van der Waals surface area contributed by atoms with E-state index >= 15 is 0 Å². The van der Waals surface area contributed by atoms with Crippen molar-refractivity contribution >= 4 is 28.8 Å². The average Bonchev–Trinajstić information content (AvgIpc) is 3.34. The van der Waals surface area contributed by atoms with Gasteiger partial charge in [-0.3, -0.25) is 4.18 Å². The number of hydrogen-bond acceptors (Lipinski definition) is 8. The van der Waals surface area contributed by atoms with Crippen molar-refractivity contribution in [2.45, 2.75) is 68.3 Å². The molecule has 0 saturated carbocycles. The third-order valence-corrected chi connectivity index (χ3v) is 14.9. The van der Waals surface area contributed by atoms with Gasteiger partial charge in [-0.15, -0.1) is 0 Å². The summed E-state index contributed by atoms with van der Waals surface area (Å²) in [4.78, 5) is 0.00902. The number of aryl methyl sites for hydroxylation is 1. The smallest absolute Gasteiger partial charge is 0.297 e. The molecule has 1 aliphatic heterocycles. The van der Waals surface area contributed by atoms with Crippen molar-refractivity contribution in [3.8, 4) is 0 Å². The number of benzene rings is 4. The highest BCUT2D eigenvalue weighted by Crippen LogP contribution is 2.41. The van der Waals surface area contributed by atoms with Crippen LogP contribution in [-0.4, -0.2) is 66.3 Å². The van der Waals surface area contributed by atoms with E-state index in [4.69, 9.17) is 22.8 Å². The molecule has 1 heterocycles. The second kappa shape index (κ2) is 14.5. The molecule has 4 aromatic rings. The Hall–Kier alpha value is -3.19. The molecule has 47 heavy (non-hydrogen) atoms. The van der Waals surface area contributed by atoms with Gasteiger partial charge in [0, 0.05) is 7.11 Å². The summed E-state index contributed by atoms with van der Waals surface area (Å²) in [6, 6.07) is 36.1. The average molecular weight is 677 g/mol. The Morgan fingerprint density at radius 3 is 1.85 bits per heavy atom. The second-order valence-corrected chi connectivity index (χ2v) is 18.9. The van der Waals surface area contributed by atoms with Crippen molar-refractivity contribution in [3.63, 3.8) is 0 Å². The number of aliphatic hydroxyl groups is 1. The Morgan fingerprint density at radius 2 is 1.34 bits per heavy atom. The van der Waals surface area contributed by atoms with Gasteiger partial charge in [0.2, 0.25) is 0 Å². The van der Waals surface area contributed by atoms with Gasteiger partial charge in [0.15, 0.2) is 6.29 Å². The fraction of sp³-hybridized carbons (Fsp3) is 0.351. The van der Waals surface area contributed by atoms with Gasteiger partial charge in [-0.1, -0.05) is 129 Å². The fourth-order valence-electron chi connectivity index (χ4n) is 6.24. The molecule has 0 radical (unpaired) electrons. The zero-order valence-electron chi connectivity index (χ0n) is 27.5. The van der Waals surface area contributed by atoms with E-state index in [0.717, 1.165) is 21.5 Å². The van der Waals surface area contributed by atoms with Crippen molar-refractivity contribution in [3.05, 3.63) is 126 Å². The summed E-state index contributed by atoms with van der Waals surface area (Å²) in [7, 11) is -5.94. The molecule has 0 aromatic heterocycles. The monoisotopic (exact) mass is 676 g/mol. The van der Waals surface area contributed by atoms with Crippen molar-refractivity contribution in [2.75, 3.05) is 20.3 Å². The number of hydrogen-bond donors (Lipinski definition) is 1. The third kappa shape index (κ3) is 7.45. The van der Waals surface area contributed by atoms with E-state index in [1.807, 2.05) is 73.7 Å². The van der Waals surface area contributed by atoms with Gasteiger partial charge in [-0.05, 0) is 40.0 Å². The topological polar surface area (TPSA) is 101 Å². The van der Waals surface area contributed by atoms with Gasteiger partial charge in [0.25, 0.3) is 18.4 Å². The fourth-order valence-corrected chi connectivity index (χ4v) is 11.8. The molecule has 250 valence electrons. The van der Waals surface area contributed by atoms with Crippen LogP contribution in [0.2, 0.25) is 5.04 Å². The molecule has 0 spiro atoms. The second-order valence-electron chi connectivity index (χ2n) is 13.0. The van der Waals surface area contributed by atoms with Crippen LogP contribution in [0, 0.1) is 6.92 Å². The molecule has 0 bridgehead atoms. The Balaban J connectivity index is 1.59. The molecule has 0 unspecified atom stereocenters. The van der Waals surface area contributed by atoms with Crippen molar-refractivity contribution in [1.29, 1.82) is 0 Å². The first-order valence-electron chi connectivity index (χ1n) is 15.7. The van der Waals surface area contributed by atoms with Gasteiger partial charge >= 0.3 is 0 Å². The highest BCUT2D eigenvalue weighted by atomic mass is 32.2. The van der Waals surface area contributed by atoms with Gasteiger partial charge in [0.05, 0.1) is 18.1 Å². The molecule has 1 saturated heterocycles. The molecule has 0 amide bonds. The number of methoxy groups -OCH3 is 1. The highest BCUT2D eigenvalue weighted by molar-refractivity contribution is 7.86. The van der Waals surface area contributed by atoms with Crippen LogP contribution in [0.25, 0.3) is 0 Å². The van der Waals surface area contributed by atoms with Crippen LogP contribution in [0.5, 0.6) is 0 Å². The first-order chi connectivity index (χ1) is 22.4. The van der Waals surface area contributed by atoms with Crippen LogP contribution in [0.4, 0.5) is 0 Å². The zero-order chi connectivity index (χ0) is 33.7. The van der Waals surface area contributed by atoms with Gasteiger partial charge in [0.1, 0.15) is 24.4 Å². The number of ether oxygens (including phenoxy) is 3. The summed E-state index contributed by atoms with van der Waals surface area (Å²) in [5.74, 6) is 0. The van der Waals surface area contributed by atoms with Gasteiger partial charge in [-0.2, -0.15) is 8.42 Å². The minimum atomic E-state index is -4.22. The van der Waals surface area contributed by atoms with E-state index in [0.29, 0.717) is 0 Å². The van der Waals surface area contributed by atoms with Crippen molar-refractivity contribution < 1.29 is 36.3 Å². The Morgan fingerprint density at radius 1 is 0.809 bits per heavy atom. The minimum absolute atomic E-state index is 0.00902. The lowest BCUT2D eigenvalue weighted by Crippen LogP contribution is -2.68. The van der Waals surface area contributed by atoms with E-state index in [2.05, 4.69) is 45.0 Å². The zero-order valence-corrected chi connectivity index (χ0v) is 29.4. The quantitative estimate of drug-likeness (QED) is 0.157. The van der Waals surface area contributed by atoms with Crippen molar-refractivity contribution in [1.82, 2.24) is 0 Å². The molecule has 1 N–H and O–H groups in total. The maximum Gasteiger partial charge on any atom is 0.297 e. The van der Waals surface area contributed by atoms with E-state index in [1.54, 1.807) is 12.1 Å². The first-order valence-corrected chi connectivity index (χ1v) is 19.0. The van der Waals surface area contributed by atoms with Gasteiger partial charge < -0.3 is 23.7 Å². The summed E-state index contributed by atoms with van der Waals surface area (Å²) >= 11 is 0. The molecule has 0 aliphatic carbocycles. The normalized spacial score (nSPS) is 22.0. The molecule has 4 atom stereocenters. The van der Waals surface area contributed by atoms with Crippen LogP contribution in [0.3, 0.4) is 0 Å². The van der Waals surface area contributed by atoms with E-state index < -0.39 is 49.1 Å². The van der Waals surface area contributed by atoms with Crippen LogP contribution < -0.4 is 10.4 Å². The Labute approximate surface area is 279 Å². The van der Waals surface area contributed by atoms with Crippen LogP contribution in [0.15, 0.2) is 120 Å². The van der Waals surface area contributed by atoms with Crippen LogP contribution >= 0.6 is 0 Å². The molecule has 5 rings (SSSR count). The van der Waals surface area contributed by atoms with Gasteiger partial charge in [-0.25, -0.2) is 0 Å². The molecular formula is C37H44O8SSi. The summed E-state index contributed by atoms with van der Waals surface area (Å²) in [5, 5.41) is 13.2. The molecule has 8 nitrogen and oxygen atoms in total. The standard InChI is InChI=1S/C37H44O8SSi/c1-28-21-23-30(24-22-28)46(39,40)43-26-37(34(33(38)35(41-5)45-37)42-25-29-15-9-6-10-16-29)27-44-47(36(2,3)4,31-17-11-7-12-18-31)32-19-13-8-14-20-32/h6-24,33-35,38H,25-27H2,1-5H3/t33-,34+,35-,37-/m1/s1. The highest BCUT2D eigenvalue weighted by Gasteiger charge is 2.60. The number of rotatable bonds is 13. The van der Waals surface area contributed by atoms with E-state index in [9.17, 15) is 13.5 Å². The maximum atomic E-state index is 13.5. The minimum Gasteiger partial charge on any atom is -0.404 e. The predicted molar refractivity (Wildman–Crippen MR) is 184 cm³/mol. The number of aliphatic hydroxyl groups excluding tert-OH is 1.